The van der Waals surface area contributed by atoms with Gasteiger partial charge >= 0.3 is 0 Å². The van der Waals surface area contributed by atoms with E-state index in [-0.39, 0.29) is 10.5 Å². The van der Waals surface area contributed by atoms with Gasteiger partial charge in [-0.25, -0.2) is 9.97 Å². The quantitative estimate of drug-likeness (QED) is 0.484. The molecule has 2 aromatic heterocycles. The van der Waals surface area contributed by atoms with Crippen molar-refractivity contribution in [2.24, 2.45) is 0 Å². The smallest absolute Gasteiger partial charge is 0.288 e. The van der Waals surface area contributed by atoms with E-state index < -0.39 is 11.7 Å². The van der Waals surface area contributed by atoms with E-state index in [1.165, 1.54) is 12.1 Å². The topological polar surface area (TPSA) is 59.3 Å². The van der Waals surface area contributed by atoms with Gasteiger partial charge in [0.1, 0.15) is 0 Å². The molecule has 0 saturated heterocycles. The molecule has 0 radical (unpaired) electrons. The van der Waals surface area contributed by atoms with E-state index in [2.05, 4.69) is 15.3 Å². The molecule has 2 aromatic carbocycles. The van der Waals surface area contributed by atoms with Crippen LogP contribution >= 0.6 is 11.8 Å². The molecule has 8 heteroatoms. The maximum absolute atomic E-state index is 12.7. The van der Waals surface area contributed by atoms with Gasteiger partial charge in [-0.15, -0.1) is 0 Å². The van der Waals surface area contributed by atoms with Crippen molar-refractivity contribution in [2.75, 3.05) is 5.32 Å². The third-order valence-corrected chi connectivity index (χ3v) is 4.79. The van der Waals surface area contributed by atoms with Gasteiger partial charge in [0.25, 0.3) is 11.7 Å². The fraction of sp³-hybridized carbons (Fsp3) is 0.0500. The SMILES string of the molecule is O=C(Nc1cccc(-c2cn3cccnc3n2)c1)c1ccccc1SC(F)F. The number of anilines is 1. The number of hydrogen-bond donors (Lipinski definition) is 1. The number of thioether (sulfide) groups is 1. The van der Waals surface area contributed by atoms with Crippen molar-refractivity contribution < 1.29 is 13.6 Å². The zero-order valence-corrected chi connectivity index (χ0v) is 15.2. The van der Waals surface area contributed by atoms with Crippen LogP contribution in [0.3, 0.4) is 0 Å². The first-order valence-corrected chi connectivity index (χ1v) is 9.23. The van der Waals surface area contributed by atoms with Crippen LogP contribution in [0.5, 0.6) is 0 Å². The number of nitrogens with one attached hydrogen (secondary N) is 1. The lowest BCUT2D eigenvalue weighted by molar-refractivity contribution is 0.102. The van der Waals surface area contributed by atoms with Crippen LogP contribution in [0.2, 0.25) is 0 Å². The third-order valence-electron chi connectivity index (χ3n) is 4.00. The number of imidazole rings is 1. The van der Waals surface area contributed by atoms with Gasteiger partial charge in [-0.05, 0) is 30.3 Å². The van der Waals surface area contributed by atoms with Gasteiger partial charge in [-0.1, -0.05) is 36.0 Å². The number of halogens is 2. The number of fused-ring (bicyclic) bond motifs is 1. The first-order valence-electron chi connectivity index (χ1n) is 8.35. The lowest BCUT2D eigenvalue weighted by atomic mass is 10.1. The number of aromatic nitrogens is 3. The van der Waals surface area contributed by atoms with E-state index in [1.54, 1.807) is 40.9 Å². The molecule has 0 bridgehead atoms. The van der Waals surface area contributed by atoms with Crippen LogP contribution in [-0.4, -0.2) is 26.0 Å². The van der Waals surface area contributed by atoms with Gasteiger partial charge in [-0.2, -0.15) is 8.78 Å². The number of amides is 1. The van der Waals surface area contributed by atoms with E-state index in [0.717, 1.165) is 5.56 Å². The van der Waals surface area contributed by atoms with Gasteiger partial charge in [0.15, 0.2) is 0 Å². The third kappa shape index (κ3) is 3.86. The van der Waals surface area contributed by atoms with Crippen LogP contribution in [0.25, 0.3) is 17.0 Å². The normalized spacial score (nSPS) is 11.1. The molecule has 0 aliphatic heterocycles. The Hall–Kier alpha value is -3.26. The summed E-state index contributed by atoms with van der Waals surface area (Å²) in [7, 11) is 0. The Labute approximate surface area is 163 Å². The number of rotatable bonds is 5. The second-order valence-corrected chi connectivity index (χ2v) is 6.89. The van der Waals surface area contributed by atoms with Crippen LogP contribution in [0.4, 0.5) is 14.5 Å². The molecule has 0 saturated carbocycles. The Morgan fingerprint density at radius 2 is 1.96 bits per heavy atom. The summed E-state index contributed by atoms with van der Waals surface area (Å²) in [5.74, 6) is -2.47. The predicted octanol–water partition coefficient (Wildman–Crippen LogP) is 4.96. The average Bonchev–Trinajstić information content (AvgIpc) is 3.12. The zero-order valence-electron chi connectivity index (χ0n) is 14.4. The van der Waals surface area contributed by atoms with Gasteiger partial charge in [0.2, 0.25) is 5.78 Å². The largest absolute Gasteiger partial charge is 0.322 e. The predicted molar refractivity (Wildman–Crippen MR) is 105 cm³/mol. The minimum absolute atomic E-state index is 0.204. The molecule has 28 heavy (non-hydrogen) atoms. The summed E-state index contributed by atoms with van der Waals surface area (Å²) in [6.07, 6.45) is 5.36. The number of carbonyl (C=O) groups excluding carboxylic acids is 1. The van der Waals surface area contributed by atoms with Crippen molar-refractivity contribution in [3.8, 4) is 11.3 Å². The fourth-order valence-corrected chi connectivity index (χ4v) is 3.41. The molecule has 5 nitrogen and oxygen atoms in total. The first-order chi connectivity index (χ1) is 13.6. The second-order valence-electron chi connectivity index (χ2n) is 5.86. The Morgan fingerprint density at radius 3 is 2.79 bits per heavy atom. The van der Waals surface area contributed by atoms with Gasteiger partial charge < -0.3 is 5.32 Å². The summed E-state index contributed by atoms with van der Waals surface area (Å²) in [6, 6.07) is 15.3. The standard InChI is InChI=1S/C20H14F2N4OS/c21-19(22)28-17-8-2-1-7-15(17)18(27)24-14-6-3-5-13(11-14)16-12-26-10-4-9-23-20(26)25-16/h1-12,19H,(H,24,27). The van der Waals surface area contributed by atoms with Crippen LogP contribution < -0.4 is 5.32 Å². The minimum atomic E-state index is -2.60. The highest BCUT2D eigenvalue weighted by Gasteiger charge is 2.15. The molecule has 0 atom stereocenters. The molecule has 4 aromatic rings. The molecule has 1 N–H and O–H groups in total. The number of hydrogen-bond acceptors (Lipinski definition) is 4. The lowest BCUT2D eigenvalue weighted by Gasteiger charge is -2.10. The molecule has 140 valence electrons. The Morgan fingerprint density at radius 1 is 1.11 bits per heavy atom. The molecule has 1 amide bonds. The van der Waals surface area contributed by atoms with Crippen molar-refractivity contribution in [3.05, 3.63) is 78.8 Å². The van der Waals surface area contributed by atoms with Crippen molar-refractivity contribution in [2.45, 2.75) is 10.7 Å². The molecular formula is C20H14F2N4OS. The van der Waals surface area contributed by atoms with Crippen molar-refractivity contribution in [3.63, 3.8) is 0 Å². The first kappa shape index (κ1) is 18.1. The van der Waals surface area contributed by atoms with E-state index in [4.69, 9.17) is 0 Å². The summed E-state index contributed by atoms with van der Waals surface area (Å²) in [5, 5.41) is 2.77. The van der Waals surface area contributed by atoms with Crippen LogP contribution in [-0.2, 0) is 0 Å². The second kappa shape index (κ2) is 7.77. The van der Waals surface area contributed by atoms with E-state index >= 15 is 0 Å². The van der Waals surface area contributed by atoms with Crippen LogP contribution in [0.1, 0.15) is 10.4 Å². The van der Waals surface area contributed by atoms with Crippen molar-refractivity contribution in [1.82, 2.24) is 14.4 Å². The van der Waals surface area contributed by atoms with Gasteiger partial charge in [0, 0.05) is 34.7 Å². The van der Waals surface area contributed by atoms with Crippen LogP contribution in [0.15, 0.2) is 78.1 Å². The fourth-order valence-electron chi connectivity index (χ4n) is 2.78. The summed E-state index contributed by atoms with van der Waals surface area (Å²) >= 11 is 0.352. The Balaban J connectivity index is 1.59. The summed E-state index contributed by atoms with van der Waals surface area (Å²) in [4.78, 5) is 21.5. The van der Waals surface area contributed by atoms with E-state index in [1.807, 2.05) is 24.5 Å². The van der Waals surface area contributed by atoms with Crippen LogP contribution in [0, 0.1) is 0 Å². The van der Waals surface area contributed by atoms with Crippen molar-refractivity contribution >= 4 is 29.1 Å². The molecule has 0 aliphatic rings. The monoisotopic (exact) mass is 396 g/mol. The maximum Gasteiger partial charge on any atom is 0.288 e. The molecule has 0 spiro atoms. The lowest BCUT2D eigenvalue weighted by Crippen LogP contribution is -2.13. The molecule has 2 heterocycles. The maximum atomic E-state index is 12.7. The summed E-state index contributed by atoms with van der Waals surface area (Å²) in [5.41, 5.74) is 2.27. The minimum Gasteiger partial charge on any atom is -0.322 e. The number of carbonyl (C=O) groups is 1. The molecule has 0 fully saturated rings. The molecule has 4 rings (SSSR count). The summed E-state index contributed by atoms with van der Waals surface area (Å²) < 4.78 is 27.3. The Bertz CT molecular complexity index is 1110. The molecule has 0 unspecified atom stereocenters. The molecular weight excluding hydrogens is 382 g/mol. The summed E-state index contributed by atoms with van der Waals surface area (Å²) in [6.45, 7) is 0. The van der Waals surface area contributed by atoms with E-state index in [9.17, 15) is 13.6 Å². The van der Waals surface area contributed by atoms with Crippen molar-refractivity contribution in [1.29, 1.82) is 0 Å². The zero-order chi connectivity index (χ0) is 19.5. The van der Waals surface area contributed by atoms with Gasteiger partial charge in [0.05, 0.1) is 11.3 Å². The van der Waals surface area contributed by atoms with Gasteiger partial charge in [-0.3, -0.25) is 9.20 Å². The Kier molecular flexibility index (Phi) is 5.03. The molecule has 0 aliphatic carbocycles. The number of alkyl halides is 2. The number of nitrogens with zero attached hydrogens (tertiary/aromatic N) is 3. The number of benzene rings is 2. The average molecular weight is 396 g/mol. The highest BCUT2D eigenvalue weighted by atomic mass is 32.2. The van der Waals surface area contributed by atoms with E-state index in [0.29, 0.717) is 28.9 Å². The highest BCUT2D eigenvalue weighted by Crippen LogP contribution is 2.29. The highest BCUT2D eigenvalue weighted by molar-refractivity contribution is 7.99.